The van der Waals surface area contributed by atoms with E-state index in [1.165, 1.54) is 13.2 Å². The van der Waals surface area contributed by atoms with Crippen LogP contribution in [0.1, 0.15) is 48.0 Å². The molecule has 0 heterocycles. The van der Waals surface area contributed by atoms with Crippen molar-refractivity contribution < 1.29 is 22.3 Å². The van der Waals surface area contributed by atoms with Gasteiger partial charge in [-0.3, -0.25) is 10.2 Å². The summed E-state index contributed by atoms with van der Waals surface area (Å²) in [6, 6.07) is 10.2. The van der Waals surface area contributed by atoms with Crippen LogP contribution in [0.25, 0.3) is 11.1 Å². The third-order valence-corrected chi connectivity index (χ3v) is 6.95. The average Bonchev–Trinajstić information content (AvgIpc) is 2.74. The minimum Gasteiger partial charge on any atom is -0.496 e. The number of carbonyl (C=O) groups excluding carboxylic acids is 1. The van der Waals surface area contributed by atoms with Gasteiger partial charge >= 0.3 is 0 Å². The summed E-state index contributed by atoms with van der Waals surface area (Å²) in [4.78, 5) is 14.7. The normalized spacial score (nSPS) is 15.1. The molecule has 0 spiro atoms. The lowest BCUT2D eigenvalue weighted by atomic mass is 9.98. The lowest BCUT2D eigenvalue weighted by Crippen LogP contribution is -2.46. The molecule has 1 fully saturated rings. The Morgan fingerprint density at radius 1 is 1.14 bits per heavy atom. The van der Waals surface area contributed by atoms with Crippen LogP contribution in [-0.2, 0) is 10.0 Å². The summed E-state index contributed by atoms with van der Waals surface area (Å²) in [5.74, 6) is -0.956. The number of ether oxygens (including phenoxy) is 1. The molecule has 1 aliphatic carbocycles. The van der Waals surface area contributed by atoms with Crippen molar-refractivity contribution in [2.75, 3.05) is 7.11 Å². The molecule has 156 valence electrons. The number of hydrazine groups is 1. The van der Waals surface area contributed by atoms with Crippen molar-refractivity contribution in [1.29, 1.82) is 0 Å². The number of para-hydroxylation sites is 1. The van der Waals surface area contributed by atoms with E-state index in [0.717, 1.165) is 19.3 Å². The minimum atomic E-state index is -3.71. The van der Waals surface area contributed by atoms with Crippen LogP contribution >= 0.6 is 0 Å². The Bertz CT molecular complexity index is 1000. The number of hydrogen-bond acceptors (Lipinski definition) is 4. The molecule has 0 atom stereocenters. The van der Waals surface area contributed by atoms with E-state index >= 15 is 0 Å². The van der Waals surface area contributed by atoms with E-state index in [2.05, 4.69) is 10.3 Å². The monoisotopic (exact) mass is 420 g/mol. The Hall–Kier alpha value is -2.45. The van der Waals surface area contributed by atoms with E-state index < -0.39 is 27.0 Å². The molecule has 6 nitrogen and oxygen atoms in total. The zero-order valence-electron chi connectivity index (χ0n) is 16.5. The summed E-state index contributed by atoms with van der Waals surface area (Å²) < 4.78 is 44.8. The maximum atomic E-state index is 14.6. The van der Waals surface area contributed by atoms with Crippen LogP contribution in [0, 0.1) is 12.7 Å². The number of methoxy groups -OCH3 is 1. The molecule has 3 rings (SSSR count). The number of halogens is 1. The molecule has 2 aromatic rings. The molecule has 1 aliphatic rings. The highest BCUT2D eigenvalue weighted by atomic mass is 32.2. The van der Waals surface area contributed by atoms with Crippen molar-refractivity contribution in [3.05, 3.63) is 53.3 Å². The molecule has 2 N–H and O–H groups in total. The second-order valence-corrected chi connectivity index (χ2v) is 9.18. The number of sulfonamides is 1. The van der Waals surface area contributed by atoms with Crippen molar-refractivity contribution in [2.24, 2.45) is 0 Å². The number of amides is 1. The van der Waals surface area contributed by atoms with E-state index in [0.29, 0.717) is 29.7 Å². The van der Waals surface area contributed by atoms with Gasteiger partial charge < -0.3 is 4.74 Å². The molecule has 0 unspecified atom stereocenters. The van der Waals surface area contributed by atoms with Crippen molar-refractivity contribution >= 4 is 15.9 Å². The Morgan fingerprint density at radius 3 is 2.52 bits per heavy atom. The minimum absolute atomic E-state index is 0.239. The van der Waals surface area contributed by atoms with Gasteiger partial charge in [0, 0.05) is 5.56 Å². The summed E-state index contributed by atoms with van der Waals surface area (Å²) in [6.45, 7) is 1.55. The number of benzene rings is 2. The molecule has 0 radical (unpaired) electrons. The highest BCUT2D eigenvalue weighted by molar-refractivity contribution is 7.90. The number of hydrogen-bond donors (Lipinski definition) is 2. The van der Waals surface area contributed by atoms with Crippen LogP contribution in [0.3, 0.4) is 0 Å². The molecule has 1 amide bonds. The molecule has 0 saturated heterocycles. The molecule has 0 aliphatic heterocycles. The molecule has 1 saturated carbocycles. The van der Waals surface area contributed by atoms with Crippen molar-refractivity contribution in [3.63, 3.8) is 0 Å². The Balaban J connectivity index is 1.84. The van der Waals surface area contributed by atoms with Gasteiger partial charge in [0.05, 0.1) is 17.9 Å². The number of aryl methyl sites for hydroxylation is 1. The van der Waals surface area contributed by atoms with Crippen LogP contribution in [0.2, 0.25) is 0 Å². The van der Waals surface area contributed by atoms with Crippen LogP contribution in [-0.4, -0.2) is 26.7 Å². The van der Waals surface area contributed by atoms with Crippen molar-refractivity contribution in [2.45, 2.75) is 44.3 Å². The molecular formula is C21H25FN2O4S. The van der Waals surface area contributed by atoms with Gasteiger partial charge in [-0.05, 0) is 49.1 Å². The predicted octanol–water partition coefficient (Wildman–Crippen LogP) is 3.71. The van der Waals surface area contributed by atoms with Gasteiger partial charge in [0.2, 0.25) is 10.0 Å². The van der Waals surface area contributed by atoms with Gasteiger partial charge in [0.15, 0.2) is 0 Å². The standard InChI is InChI=1S/C21H25FN2O4S/c1-14-12-15(17-10-6-7-11-19(17)28-2)13-18(20(14)22)21(25)23-24-29(26,27)16-8-4-3-5-9-16/h6-7,10-13,16,24H,3-5,8-9H2,1-2H3,(H,23,25). The maximum Gasteiger partial charge on any atom is 0.269 e. The lowest BCUT2D eigenvalue weighted by molar-refractivity contribution is 0.0940. The fraction of sp³-hybridized carbons (Fsp3) is 0.381. The average molecular weight is 421 g/mol. The molecule has 0 aromatic heterocycles. The van der Waals surface area contributed by atoms with Gasteiger partial charge in [0.1, 0.15) is 11.6 Å². The highest BCUT2D eigenvalue weighted by Gasteiger charge is 2.28. The van der Waals surface area contributed by atoms with E-state index in [9.17, 15) is 17.6 Å². The smallest absolute Gasteiger partial charge is 0.269 e. The molecule has 0 bridgehead atoms. The van der Waals surface area contributed by atoms with Gasteiger partial charge in [0.25, 0.3) is 5.91 Å². The Morgan fingerprint density at radius 2 is 1.83 bits per heavy atom. The second-order valence-electron chi connectivity index (χ2n) is 7.22. The summed E-state index contributed by atoms with van der Waals surface area (Å²) >= 11 is 0. The summed E-state index contributed by atoms with van der Waals surface area (Å²) in [5, 5.41) is -0.539. The topological polar surface area (TPSA) is 84.5 Å². The SMILES string of the molecule is COc1ccccc1-c1cc(C)c(F)c(C(=O)NNS(=O)(=O)C2CCCCC2)c1. The maximum absolute atomic E-state index is 14.6. The first kappa shape index (κ1) is 21.3. The van der Waals surface area contributed by atoms with Crippen molar-refractivity contribution in [3.8, 4) is 16.9 Å². The Kier molecular flexibility index (Phi) is 6.54. The number of rotatable bonds is 6. The van der Waals surface area contributed by atoms with Crippen LogP contribution in [0.4, 0.5) is 4.39 Å². The molecule has 2 aromatic carbocycles. The van der Waals surface area contributed by atoms with E-state index in [1.807, 2.05) is 12.1 Å². The van der Waals surface area contributed by atoms with E-state index in [-0.39, 0.29) is 11.1 Å². The predicted molar refractivity (Wildman–Crippen MR) is 110 cm³/mol. The first-order valence-corrected chi connectivity index (χ1v) is 11.1. The largest absolute Gasteiger partial charge is 0.496 e. The molecule has 8 heteroatoms. The van der Waals surface area contributed by atoms with Gasteiger partial charge in [-0.15, -0.1) is 4.83 Å². The molecule has 29 heavy (non-hydrogen) atoms. The van der Waals surface area contributed by atoms with Gasteiger partial charge in [-0.25, -0.2) is 12.8 Å². The summed E-state index contributed by atoms with van der Waals surface area (Å²) in [7, 11) is -2.18. The molecular weight excluding hydrogens is 395 g/mol. The summed E-state index contributed by atoms with van der Waals surface area (Å²) in [6.07, 6.45) is 3.81. The van der Waals surface area contributed by atoms with Crippen molar-refractivity contribution in [1.82, 2.24) is 10.3 Å². The second kappa shape index (κ2) is 8.92. The number of carbonyl (C=O) groups is 1. The van der Waals surface area contributed by atoms with E-state index in [4.69, 9.17) is 4.74 Å². The van der Waals surface area contributed by atoms with Gasteiger partial charge in [-0.1, -0.05) is 37.5 Å². The van der Waals surface area contributed by atoms with Crippen LogP contribution in [0.5, 0.6) is 5.75 Å². The third-order valence-electron chi connectivity index (χ3n) is 5.21. The fourth-order valence-corrected chi connectivity index (χ4v) is 4.97. The zero-order chi connectivity index (χ0) is 21.0. The summed E-state index contributed by atoms with van der Waals surface area (Å²) in [5.41, 5.74) is 3.50. The fourth-order valence-electron chi connectivity index (χ4n) is 3.62. The first-order chi connectivity index (χ1) is 13.8. The number of nitrogens with one attached hydrogen (secondary N) is 2. The zero-order valence-corrected chi connectivity index (χ0v) is 17.3. The van der Waals surface area contributed by atoms with Crippen LogP contribution in [0.15, 0.2) is 36.4 Å². The van der Waals surface area contributed by atoms with Gasteiger partial charge in [-0.2, -0.15) is 0 Å². The highest BCUT2D eigenvalue weighted by Crippen LogP contribution is 2.32. The third kappa shape index (κ3) is 4.76. The first-order valence-electron chi connectivity index (χ1n) is 9.58. The lowest BCUT2D eigenvalue weighted by Gasteiger charge is -2.22. The quantitative estimate of drug-likeness (QED) is 0.698. The van der Waals surface area contributed by atoms with E-state index in [1.54, 1.807) is 25.1 Å². The van der Waals surface area contributed by atoms with Crippen LogP contribution < -0.4 is 15.0 Å². The Labute approximate surface area is 170 Å².